The number of rotatable bonds is 12. The molecule has 0 radical (unpaired) electrons. The lowest BCUT2D eigenvalue weighted by molar-refractivity contribution is -0.197. The fraction of sp³-hybridized carbons (Fsp3) is 0.395. The summed E-state index contributed by atoms with van der Waals surface area (Å²) >= 11 is 0. The second-order valence-corrected chi connectivity index (χ2v) is 14.5. The maximum Gasteiger partial charge on any atom is 0.409 e. The molecule has 288 valence electrons. The summed E-state index contributed by atoms with van der Waals surface area (Å²) in [6.07, 6.45) is 2.27. The molecule has 4 N–H and O–H groups in total. The van der Waals surface area contributed by atoms with Crippen molar-refractivity contribution in [2.24, 2.45) is 23.3 Å². The monoisotopic (exact) mass is 753 g/mol. The smallest absolute Gasteiger partial charge is 0.409 e. The van der Waals surface area contributed by atoms with Crippen LogP contribution >= 0.6 is 0 Å². The Kier molecular flexibility index (Phi) is 11.9. The van der Waals surface area contributed by atoms with Crippen molar-refractivity contribution >= 4 is 11.3 Å². The highest BCUT2D eigenvalue weighted by Crippen LogP contribution is 2.35. The van der Waals surface area contributed by atoms with Crippen molar-refractivity contribution in [3.63, 3.8) is 0 Å². The Morgan fingerprint density at radius 1 is 0.704 bits per heavy atom. The first kappa shape index (κ1) is 40.0. The molecule has 0 aliphatic carbocycles. The van der Waals surface area contributed by atoms with Crippen LogP contribution in [0.5, 0.6) is 11.5 Å². The Morgan fingerprint density at radius 2 is 1.28 bits per heavy atom. The summed E-state index contributed by atoms with van der Waals surface area (Å²) in [6.45, 7) is 10.4. The lowest BCUT2D eigenvalue weighted by Crippen LogP contribution is -2.58. The number of halogens is 5. The Morgan fingerprint density at radius 3 is 1.85 bits per heavy atom. The molecule has 2 unspecified atom stereocenters. The zero-order chi connectivity index (χ0) is 39.4. The van der Waals surface area contributed by atoms with Gasteiger partial charge in [-0.05, 0) is 68.9 Å². The van der Waals surface area contributed by atoms with Crippen LogP contribution in [0.4, 0.5) is 22.0 Å². The molecule has 0 saturated heterocycles. The molecule has 0 aliphatic rings. The van der Waals surface area contributed by atoms with Gasteiger partial charge in [-0.15, -0.1) is 0 Å². The molecule has 16 heteroatoms. The second-order valence-electron chi connectivity index (χ2n) is 14.5. The molecular formula is C38H44F5N9O2. The van der Waals surface area contributed by atoms with Gasteiger partial charge in [0, 0.05) is 41.7 Å². The molecule has 1 aromatic carbocycles. The fourth-order valence-electron chi connectivity index (χ4n) is 6.17. The third-order valence-electron chi connectivity index (χ3n) is 8.43. The predicted molar refractivity (Wildman–Crippen MR) is 195 cm³/mol. The van der Waals surface area contributed by atoms with E-state index in [1.54, 1.807) is 80.3 Å². The van der Waals surface area contributed by atoms with Crippen molar-refractivity contribution in [1.82, 2.24) is 34.2 Å². The molecule has 0 saturated carbocycles. The van der Waals surface area contributed by atoms with E-state index >= 15 is 0 Å². The minimum atomic E-state index is -4.57. The minimum Gasteiger partial charge on any atom is -0.489 e. The van der Waals surface area contributed by atoms with E-state index in [0.29, 0.717) is 46.4 Å². The van der Waals surface area contributed by atoms with Crippen LogP contribution in [0.25, 0.3) is 33.9 Å². The number of nitrogens with zero attached hydrogens (tertiary/aromatic N) is 7. The Bertz CT molecular complexity index is 2200. The summed E-state index contributed by atoms with van der Waals surface area (Å²) in [6, 6.07) is 12.2. The number of alkyl halides is 3. The van der Waals surface area contributed by atoms with Gasteiger partial charge in [-0.3, -0.25) is 0 Å². The highest BCUT2D eigenvalue weighted by Gasteiger charge is 2.52. The van der Waals surface area contributed by atoms with E-state index in [1.807, 2.05) is 20.8 Å². The van der Waals surface area contributed by atoms with E-state index in [4.69, 9.17) is 20.9 Å². The van der Waals surface area contributed by atoms with E-state index in [1.165, 1.54) is 10.7 Å². The minimum absolute atomic E-state index is 0.0867. The Balaban J connectivity index is 0.000000208. The van der Waals surface area contributed by atoms with Crippen LogP contribution in [0.1, 0.15) is 53.2 Å². The molecule has 0 bridgehead atoms. The average molecular weight is 754 g/mol. The number of pyridine rings is 1. The van der Waals surface area contributed by atoms with Gasteiger partial charge in [0.25, 0.3) is 0 Å². The summed E-state index contributed by atoms with van der Waals surface area (Å²) in [5.74, 6) is -0.999. The van der Waals surface area contributed by atoms with Crippen molar-refractivity contribution in [3.8, 4) is 34.1 Å². The lowest BCUT2D eigenvalue weighted by Gasteiger charge is -2.33. The molecule has 6 rings (SSSR count). The number of nitrogens with two attached hydrogens (primary N) is 2. The van der Waals surface area contributed by atoms with E-state index in [2.05, 4.69) is 25.1 Å². The number of fused-ring (bicyclic) bond motifs is 2. The van der Waals surface area contributed by atoms with Crippen molar-refractivity contribution < 1.29 is 31.4 Å². The zero-order valence-corrected chi connectivity index (χ0v) is 30.9. The van der Waals surface area contributed by atoms with Gasteiger partial charge in [0.15, 0.2) is 22.9 Å². The van der Waals surface area contributed by atoms with Crippen molar-refractivity contribution in [1.29, 1.82) is 0 Å². The molecule has 11 nitrogen and oxygen atoms in total. The molecule has 6 aromatic rings. The van der Waals surface area contributed by atoms with Crippen LogP contribution in [-0.2, 0) is 0 Å². The normalized spacial score (nSPS) is 14.2. The van der Waals surface area contributed by atoms with Gasteiger partial charge in [-0.2, -0.15) is 23.4 Å². The predicted octanol–water partition coefficient (Wildman–Crippen LogP) is 7.60. The van der Waals surface area contributed by atoms with E-state index < -0.39 is 35.5 Å². The first-order valence-electron chi connectivity index (χ1n) is 17.3. The van der Waals surface area contributed by atoms with Crippen LogP contribution < -0.4 is 20.9 Å². The zero-order valence-electron chi connectivity index (χ0n) is 30.9. The number of ether oxygens (including phenoxy) is 2. The molecule has 0 aliphatic heterocycles. The molecule has 54 heavy (non-hydrogen) atoms. The highest BCUT2D eigenvalue weighted by molar-refractivity contribution is 5.64. The molecule has 2 atom stereocenters. The van der Waals surface area contributed by atoms with Crippen molar-refractivity contribution in [2.75, 3.05) is 13.2 Å². The number of aromatic nitrogens is 7. The van der Waals surface area contributed by atoms with Gasteiger partial charge in [0.1, 0.15) is 30.3 Å². The van der Waals surface area contributed by atoms with Crippen LogP contribution in [0.3, 0.4) is 0 Å². The van der Waals surface area contributed by atoms with Gasteiger partial charge < -0.3 is 20.9 Å². The van der Waals surface area contributed by atoms with Crippen molar-refractivity contribution in [3.05, 3.63) is 90.6 Å². The molecular weight excluding hydrogens is 709 g/mol. The summed E-state index contributed by atoms with van der Waals surface area (Å²) in [5, 5.41) is 8.31. The summed E-state index contributed by atoms with van der Waals surface area (Å²) in [5.41, 5.74) is 12.3. The lowest BCUT2D eigenvalue weighted by atomic mass is 9.90. The third kappa shape index (κ3) is 9.28. The molecule has 5 aromatic heterocycles. The van der Waals surface area contributed by atoms with E-state index in [9.17, 15) is 22.0 Å². The third-order valence-corrected chi connectivity index (χ3v) is 8.43. The standard InChI is InChI=1S/C19H22F3N5O.C19H22F2N4O/c1-12(2)10-18(23,19(20,21)22)11-28-16-5-4-14(26-13(16)3)15-6-8-24-17-7-9-25-27(15)17;1-12(2)10-19(3,22)11-26-17-9-14(20)13(8-15(17)21)16-4-6-23-18-5-7-24-25(16)18/h4-9,12H,10-11,23H2,1-3H3;4-9,12H,10-11,22H2,1-3H3. The van der Waals surface area contributed by atoms with Crippen LogP contribution in [0, 0.1) is 30.4 Å². The molecule has 0 spiro atoms. The summed E-state index contributed by atoms with van der Waals surface area (Å²) in [7, 11) is 0. The Labute approximate surface area is 309 Å². The maximum absolute atomic E-state index is 14.6. The van der Waals surface area contributed by atoms with Gasteiger partial charge in [0.05, 0.1) is 35.2 Å². The van der Waals surface area contributed by atoms with Crippen LogP contribution in [-0.4, -0.2) is 64.6 Å². The Hall–Kier alpha value is -5.22. The van der Waals surface area contributed by atoms with Gasteiger partial charge >= 0.3 is 6.18 Å². The van der Waals surface area contributed by atoms with E-state index in [-0.39, 0.29) is 36.0 Å². The number of benzene rings is 1. The SMILES string of the molecule is CC(C)CC(C)(N)COc1cc(F)c(-c2ccnc3ccnn23)cc1F.Cc1nc(-c2ccnc3ccnn23)ccc1OCC(N)(CC(C)C)C(F)(F)F. The topological polar surface area (TPSA) is 144 Å². The van der Waals surface area contributed by atoms with Gasteiger partial charge in [-0.25, -0.2) is 32.8 Å². The van der Waals surface area contributed by atoms with Gasteiger partial charge in [-0.1, -0.05) is 27.7 Å². The molecule has 5 heterocycles. The molecule has 0 amide bonds. The summed E-state index contributed by atoms with van der Waals surface area (Å²) in [4.78, 5) is 12.8. The summed E-state index contributed by atoms with van der Waals surface area (Å²) < 4.78 is 83.5. The number of hydrogen-bond donors (Lipinski definition) is 2. The quantitative estimate of drug-likeness (QED) is 0.121. The molecule has 0 fully saturated rings. The fourth-order valence-corrected chi connectivity index (χ4v) is 6.17. The second kappa shape index (κ2) is 16.0. The average Bonchev–Trinajstić information content (AvgIpc) is 3.77. The largest absolute Gasteiger partial charge is 0.489 e. The van der Waals surface area contributed by atoms with Crippen LogP contribution in [0.2, 0.25) is 0 Å². The first-order chi connectivity index (χ1) is 25.4. The maximum atomic E-state index is 14.6. The van der Waals surface area contributed by atoms with Gasteiger partial charge in [0.2, 0.25) is 0 Å². The van der Waals surface area contributed by atoms with E-state index in [0.717, 1.165) is 12.1 Å². The number of hydrogen-bond acceptors (Lipinski definition) is 9. The van der Waals surface area contributed by atoms with Crippen LogP contribution in [0.15, 0.2) is 73.3 Å². The first-order valence-corrected chi connectivity index (χ1v) is 17.3. The highest BCUT2D eigenvalue weighted by atomic mass is 19.4. The number of aryl methyl sites for hydroxylation is 1. The van der Waals surface area contributed by atoms with Crippen molar-refractivity contribution in [2.45, 2.75) is 71.6 Å².